The Morgan fingerprint density at radius 1 is 1.25 bits per heavy atom. The zero-order chi connectivity index (χ0) is 29.1. The van der Waals surface area contributed by atoms with E-state index in [1.54, 1.807) is 13.1 Å². The van der Waals surface area contributed by atoms with Crippen molar-refractivity contribution < 1.29 is 9.53 Å². The van der Waals surface area contributed by atoms with E-state index in [0.29, 0.717) is 30.6 Å². The van der Waals surface area contributed by atoms with Gasteiger partial charge >= 0.3 is 0 Å². The number of nitrogens with one attached hydrogen (secondary N) is 2. The summed E-state index contributed by atoms with van der Waals surface area (Å²) in [5.74, 6) is 1.91. The van der Waals surface area contributed by atoms with Gasteiger partial charge in [-0.25, -0.2) is 4.99 Å². The van der Waals surface area contributed by atoms with Gasteiger partial charge in [-0.3, -0.25) is 9.79 Å². The van der Waals surface area contributed by atoms with Crippen LogP contribution in [0.25, 0.3) is 0 Å². The summed E-state index contributed by atoms with van der Waals surface area (Å²) in [6.45, 7) is 19.5. The van der Waals surface area contributed by atoms with Crippen LogP contribution in [-0.4, -0.2) is 74.0 Å². The van der Waals surface area contributed by atoms with Crippen LogP contribution in [-0.2, 0) is 9.53 Å². The Balaban J connectivity index is 1.64. The van der Waals surface area contributed by atoms with E-state index < -0.39 is 0 Å². The summed E-state index contributed by atoms with van der Waals surface area (Å²) in [7, 11) is 0. The van der Waals surface area contributed by atoms with Crippen molar-refractivity contribution in [1.29, 1.82) is 0 Å². The van der Waals surface area contributed by atoms with E-state index in [1.807, 2.05) is 31.0 Å². The van der Waals surface area contributed by atoms with Gasteiger partial charge in [0.1, 0.15) is 18.2 Å². The molecule has 0 bridgehead atoms. The summed E-state index contributed by atoms with van der Waals surface area (Å²) in [4.78, 5) is 25.7. The van der Waals surface area contributed by atoms with Gasteiger partial charge in [-0.1, -0.05) is 12.7 Å². The Morgan fingerprint density at radius 2 is 2.00 bits per heavy atom. The molecule has 1 amide bonds. The summed E-state index contributed by atoms with van der Waals surface area (Å²) in [5.41, 5.74) is 11.9. The maximum atomic E-state index is 12.4. The molecule has 2 saturated heterocycles. The summed E-state index contributed by atoms with van der Waals surface area (Å²) in [5, 5.41) is 6.53. The van der Waals surface area contributed by atoms with Crippen LogP contribution in [0.2, 0.25) is 0 Å². The van der Waals surface area contributed by atoms with Crippen molar-refractivity contribution in [2.75, 3.05) is 45.9 Å². The molecule has 4 N–H and O–H groups in total. The number of hydrogen-bond acceptors (Lipinski definition) is 8. The Labute approximate surface area is 240 Å². The number of carbonyl (C=O) groups is 1. The number of allylic oxidation sites excluding steroid dienone is 4. The maximum absolute atomic E-state index is 12.4. The minimum Gasteiger partial charge on any atom is -0.490 e. The fourth-order valence-corrected chi connectivity index (χ4v) is 5.39. The molecule has 0 aliphatic carbocycles. The first kappa shape index (κ1) is 30.9. The van der Waals surface area contributed by atoms with Crippen LogP contribution in [0.5, 0.6) is 0 Å². The number of rotatable bonds is 9. The topological polar surface area (TPSA) is 108 Å². The van der Waals surface area contributed by atoms with E-state index >= 15 is 0 Å². The molecular weight excluding hydrogens is 502 g/mol. The summed E-state index contributed by atoms with van der Waals surface area (Å²) < 4.78 is 5.90. The average molecular weight is 550 g/mol. The Kier molecular flexibility index (Phi) is 11.8. The predicted molar refractivity (Wildman–Crippen MR) is 164 cm³/mol. The third kappa shape index (κ3) is 8.21. The second kappa shape index (κ2) is 15.3. The van der Waals surface area contributed by atoms with Crippen LogP contribution in [0.4, 0.5) is 0 Å². The first-order chi connectivity index (χ1) is 19.3. The van der Waals surface area contributed by atoms with E-state index in [4.69, 9.17) is 10.5 Å². The normalized spacial score (nSPS) is 22.4. The number of nitrogens with zero attached hydrogens (tertiary/aromatic N) is 4. The van der Waals surface area contributed by atoms with Gasteiger partial charge in [-0.2, -0.15) is 0 Å². The zero-order valence-electron chi connectivity index (χ0n) is 24.9. The minimum absolute atomic E-state index is 0.0233. The van der Waals surface area contributed by atoms with Crippen molar-refractivity contribution in [2.45, 2.75) is 53.9 Å². The molecule has 218 valence electrons. The summed E-state index contributed by atoms with van der Waals surface area (Å²) in [6, 6.07) is 0. The fraction of sp³-hybridized carbons (Fsp3) is 0.516. The van der Waals surface area contributed by atoms with Gasteiger partial charge in [0.15, 0.2) is 0 Å². The van der Waals surface area contributed by atoms with Crippen molar-refractivity contribution in [1.82, 2.24) is 20.4 Å². The first-order valence-electron chi connectivity index (χ1n) is 14.3. The van der Waals surface area contributed by atoms with Gasteiger partial charge < -0.3 is 30.9 Å². The molecule has 0 saturated carbocycles. The third-order valence-corrected chi connectivity index (χ3v) is 7.60. The molecular formula is C31H47N7O2. The van der Waals surface area contributed by atoms with E-state index in [9.17, 15) is 4.79 Å². The van der Waals surface area contributed by atoms with Gasteiger partial charge in [-0.15, -0.1) is 0 Å². The lowest BCUT2D eigenvalue weighted by atomic mass is 9.99. The van der Waals surface area contributed by atoms with Crippen LogP contribution < -0.4 is 16.4 Å². The smallest absolute Gasteiger partial charge is 0.224 e. The molecule has 2 fully saturated rings. The lowest BCUT2D eigenvalue weighted by Gasteiger charge is -2.37. The van der Waals surface area contributed by atoms with Crippen LogP contribution in [0, 0.1) is 5.92 Å². The van der Waals surface area contributed by atoms with E-state index in [1.165, 1.54) is 17.3 Å². The molecule has 40 heavy (non-hydrogen) atoms. The maximum Gasteiger partial charge on any atom is 0.224 e. The molecule has 0 aromatic carbocycles. The van der Waals surface area contributed by atoms with Gasteiger partial charge in [0.2, 0.25) is 5.91 Å². The molecule has 0 radical (unpaired) electrons. The highest BCUT2D eigenvalue weighted by atomic mass is 16.5. The largest absolute Gasteiger partial charge is 0.490 e. The van der Waals surface area contributed by atoms with Gasteiger partial charge in [-0.05, 0) is 88.8 Å². The van der Waals surface area contributed by atoms with Crippen LogP contribution >= 0.6 is 0 Å². The third-order valence-electron chi connectivity index (χ3n) is 7.60. The van der Waals surface area contributed by atoms with Crippen molar-refractivity contribution in [3.05, 3.63) is 70.3 Å². The molecule has 9 nitrogen and oxygen atoms in total. The van der Waals surface area contributed by atoms with Gasteiger partial charge in [0.05, 0.1) is 17.9 Å². The second-order valence-corrected chi connectivity index (χ2v) is 10.4. The molecule has 0 aromatic heterocycles. The van der Waals surface area contributed by atoms with E-state index in [0.717, 1.165) is 74.7 Å². The Morgan fingerprint density at radius 3 is 2.62 bits per heavy atom. The number of piperidine rings is 1. The molecule has 0 spiro atoms. The van der Waals surface area contributed by atoms with Crippen molar-refractivity contribution in [3.8, 4) is 0 Å². The average Bonchev–Trinajstić information content (AvgIpc) is 2.96. The fourth-order valence-electron chi connectivity index (χ4n) is 5.39. The quantitative estimate of drug-likeness (QED) is 0.376. The lowest BCUT2D eigenvalue weighted by Crippen LogP contribution is -2.39. The molecule has 9 heteroatoms. The first-order valence-corrected chi connectivity index (χ1v) is 14.3. The van der Waals surface area contributed by atoms with Crippen molar-refractivity contribution in [3.63, 3.8) is 0 Å². The number of morpholine rings is 1. The van der Waals surface area contributed by atoms with Gasteiger partial charge in [0, 0.05) is 50.9 Å². The molecule has 3 aliphatic rings. The molecule has 3 aliphatic heterocycles. The molecule has 0 unspecified atom stereocenters. The molecule has 0 aromatic rings. The molecule has 3 heterocycles. The lowest BCUT2D eigenvalue weighted by molar-refractivity contribution is -0.128. The summed E-state index contributed by atoms with van der Waals surface area (Å²) >= 11 is 0. The van der Waals surface area contributed by atoms with Crippen LogP contribution in [0.15, 0.2) is 80.3 Å². The molecule has 0 atom stereocenters. The number of hydrogen-bond donors (Lipinski definition) is 3. The molecule has 3 rings (SSSR count). The minimum atomic E-state index is 0.0233. The van der Waals surface area contributed by atoms with Crippen molar-refractivity contribution in [2.24, 2.45) is 21.6 Å². The van der Waals surface area contributed by atoms with Crippen molar-refractivity contribution >= 4 is 18.3 Å². The number of aliphatic imine (C=N–C) groups is 2. The van der Waals surface area contributed by atoms with Gasteiger partial charge in [0.25, 0.3) is 0 Å². The zero-order valence-corrected chi connectivity index (χ0v) is 24.9. The predicted octanol–water partition coefficient (Wildman–Crippen LogP) is 3.97. The standard InChI is InChI=1S/C31H47N7O2/c1-7-29(23(4)31-30(8-2)40-16-15-38(31)25(6)39)37-14-11-27(22(3)21-37)19-35-24(5)36-28(17-32)20-34-18-26-9-12-33-13-10-26/h7-8,17,19-20,26,33,36H,5,9-16,18,21,32H2,1-4,6H3/b28-17+,29-7+,30-8+,31-23+,34-20?,35-19-. The van der Waals surface area contributed by atoms with Crippen LogP contribution in [0.1, 0.15) is 53.9 Å². The highest BCUT2D eigenvalue weighted by Gasteiger charge is 2.28. The SMILES string of the molecule is C=C(/N=C\C1=C(C)CN(C(=C/C)/C(C)=C2\C(=C/C)OCCN2C(C)=O)CC1)N/C(C=NCC1CCNCC1)=C/N. The number of ether oxygens (including phenoxy) is 1. The second-order valence-electron chi connectivity index (χ2n) is 10.4. The number of nitrogens with two attached hydrogens (primary N) is 1. The Bertz CT molecular complexity index is 1150. The number of carbonyl (C=O) groups excluding carboxylic acids is 1. The highest BCUT2D eigenvalue weighted by Crippen LogP contribution is 2.32. The highest BCUT2D eigenvalue weighted by molar-refractivity contribution is 5.82. The number of amides is 1. The van der Waals surface area contributed by atoms with Crippen LogP contribution in [0.3, 0.4) is 0 Å². The van der Waals surface area contributed by atoms with E-state index in [-0.39, 0.29) is 5.91 Å². The summed E-state index contributed by atoms with van der Waals surface area (Å²) in [6.07, 6.45) is 12.4. The Hall–Kier alpha value is -3.59. The monoisotopic (exact) mass is 549 g/mol. The van der Waals surface area contributed by atoms with E-state index in [2.05, 4.69) is 52.0 Å².